The fourth-order valence-electron chi connectivity index (χ4n) is 2.15. The number of benzene rings is 1. The van der Waals surface area contributed by atoms with Crippen LogP contribution in [0.5, 0.6) is 0 Å². The van der Waals surface area contributed by atoms with Gasteiger partial charge in [0.2, 0.25) is 0 Å². The Balaban J connectivity index is 2.01. The van der Waals surface area contributed by atoms with E-state index in [1.54, 1.807) is 0 Å². The van der Waals surface area contributed by atoms with Gasteiger partial charge in [-0.2, -0.15) is 0 Å². The topological polar surface area (TPSA) is 38.5 Å². The molecule has 1 aromatic carbocycles. The van der Waals surface area contributed by atoms with E-state index in [1.165, 1.54) is 5.56 Å². The van der Waals surface area contributed by atoms with Crippen molar-refractivity contribution >= 4 is 17.3 Å². The number of hydrogen-bond acceptors (Lipinski definition) is 3. The molecule has 1 unspecified atom stereocenters. The first-order valence-corrected chi connectivity index (χ1v) is 6.41. The van der Waals surface area contributed by atoms with Crippen LogP contribution in [-0.2, 0) is 11.3 Å². The second-order valence-electron chi connectivity index (χ2n) is 4.63. The Morgan fingerprint density at radius 2 is 2.35 bits per heavy atom. The molecular formula is C13H19ClN2O. The Bertz CT molecular complexity index is 384. The summed E-state index contributed by atoms with van der Waals surface area (Å²) in [6.45, 7) is 5.94. The molecule has 2 rings (SSSR count). The van der Waals surface area contributed by atoms with E-state index in [1.807, 2.05) is 18.2 Å². The lowest BCUT2D eigenvalue weighted by Gasteiger charge is -2.21. The molecule has 1 heterocycles. The summed E-state index contributed by atoms with van der Waals surface area (Å²) in [5.41, 5.74) is 7.55. The highest BCUT2D eigenvalue weighted by atomic mass is 35.5. The van der Waals surface area contributed by atoms with Gasteiger partial charge in [-0.1, -0.05) is 17.7 Å². The van der Waals surface area contributed by atoms with E-state index in [4.69, 9.17) is 22.1 Å². The Labute approximate surface area is 107 Å². The predicted molar refractivity (Wildman–Crippen MR) is 71.2 cm³/mol. The van der Waals surface area contributed by atoms with Crippen molar-refractivity contribution in [1.82, 2.24) is 4.90 Å². The molecule has 0 saturated carbocycles. The van der Waals surface area contributed by atoms with Gasteiger partial charge in [-0.3, -0.25) is 4.90 Å². The number of nitrogen functional groups attached to an aromatic ring is 1. The standard InChI is InChI=1S/C13H19ClN2O/c1-10-8-16(5-2-6-17-10)9-11-3-4-13(15)12(14)7-11/h3-4,7,10H,2,5-6,8-9,15H2,1H3. The van der Waals surface area contributed by atoms with Gasteiger partial charge in [0.25, 0.3) is 0 Å². The second kappa shape index (κ2) is 5.71. The third kappa shape index (κ3) is 3.60. The molecule has 0 spiro atoms. The molecule has 4 heteroatoms. The normalized spacial score (nSPS) is 22.4. The van der Waals surface area contributed by atoms with Crippen LogP contribution in [0.15, 0.2) is 18.2 Å². The summed E-state index contributed by atoms with van der Waals surface area (Å²) in [4.78, 5) is 2.40. The van der Waals surface area contributed by atoms with Crippen LogP contribution < -0.4 is 5.73 Å². The van der Waals surface area contributed by atoms with Gasteiger partial charge < -0.3 is 10.5 Å². The number of nitrogens with zero attached hydrogens (tertiary/aromatic N) is 1. The first-order valence-electron chi connectivity index (χ1n) is 6.03. The molecule has 2 N–H and O–H groups in total. The Hall–Kier alpha value is -0.770. The Kier molecular flexibility index (Phi) is 4.26. The third-order valence-electron chi connectivity index (χ3n) is 3.01. The summed E-state index contributed by atoms with van der Waals surface area (Å²) < 4.78 is 5.63. The van der Waals surface area contributed by atoms with E-state index >= 15 is 0 Å². The molecule has 0 amide bonds. The van der Waals surface area contributed by atoms with E-state index in [9.17, 15) is 0 Å². The van der Waals surface area contributed by atoms with E-state index in [0.717, 1.165) is 32.7 Å². The first kappa shape index (κ1) is 12.7. The third-order valence-corrected chi connectivity index (χ3v) is 3.33. The van der Waals surface area contributed by atoms with Gasteiger partial charge in [-0.25, -0.2) is 0 Å². The maximum absolute atomic E-state index is 6.02. The minimum absolute atomic E-state index is 0.307. The maximum atomic E-state index is 6.02. The number of nitrogens with two attached hydrogens (primary N) is 1. The van der Waals surface area contributed by atoms with Gasteiger partial charge >= 0.3 is 0 Å². The molecule has 0 bridgehead atoms. The van der Waals surface area contributed by atoms with Crippen LogP contribution in [0, 0.1) is 0 Å². The van der Waals surface area contributed by atoms with Gasteiger partial charge in [0, 0.05) is 26.2 Å². The fourth-order valence-corrected chi connectivity index (χ4v) is 2.35. The van der Waals surface area contributed by atoms with Crippen molar-refractivity contribution in [3.63, 3.8) is 0 Å². The zero-order chi connectivity index (χ0) is 12.3. The number of ether oxygens (including phenoxy) is 1. The molecule has 1 saturated heterocycles. The van der Waals surface area contributed by atoms with E-state index < -0.39 is 0 Å². The smallest absolute Gasteiger partial charge is 0.0674 e. The summed E-state index contributed by atoms with van der Waals surface area (Å²) >= 11 is 6.02. The summed E-state index contributed by atoms with van der Waals surface area (Å²) in [7, 11) is 0. The van der Waals surface area contributed by atoms with Crippen molar-refractivity contribution in [2.24, 2.45) is 0 Å². The SMILES string of the molecule is CC1CN(Cc2ccc(N)c(Cl)c2)CCCO1. The largest absolute Gasteiger partial charge is 0.398 e. The summed E-state index contributed by atoms with van der Waals surface area (Å²) in [5.74, 6) is 0. The summed E-state index contributed by atoms with van der Waals surface area (Å²) in [5, 5.41) is 0.640. The monoisotopic (exact) mass is 254 g/mol. The number of anilines is 1. The minimum Gasteiger partial charge on any atom is -0.398 e. The van der Waals surface area contributed by atoms with Crippen molar-refractivity contribution in [1.29, 1.82) is 0 Å². The zero-order valence-electron chi connectivity index (χ0n) is 10.2. The van der Waals surface area contributed by atoms with Crippen LogP contribution in [0.25, 0.3) is 0 Å². The van der Waals surface area contributed by atoms with Crippen LogP contribution >= 0.6 is 11.6 Å². The van der Waals surface area contributed by atoms with Crippen LogP contribution in [0.4, 0.5) is 5.69 Å². The van der Waals surface area contributed by atoms with Gasteiger partial charge in [-0.05, 0) is 31.0 Å². The number of rotatable bonds is 2. The van der Waals surface area contributed by atoms with Crippen molar-refractivity contribution < 1.29 is 4.74 Å². The minimum atomic E-state index is 0.307. The van der Waals surface area contributed by atoms with Crippen LogP contribution in [-0.4, -0.2) is 30.7 Å². The quantitative estimate of drug-likeness (QED) is 0.825. The first-order chi connectivity index (χ1) is 8.15. The highest BCUT2D eigenvalue weighted by Gasteiger charge is 2.15. The fraction of sp³-hybridized carbons (Fsp3) is 0.538. The highest BCUT2D eigenvalue weighted by molar-refractivity contribution is 6.33. The lowest BCUT2D eigenvalue weighted by Crippen LogP contribution is -2.29. The van der Waals surface area contributed by atoms with Gasteiger partial charge in [0.15, 0.2) is 0 Å². The molecule has 1 aliphatic heterocycles. The number of halogens is 1. The molecule has 1 aromatic rings. The average molecular weight is 255 g/mol. The van der Waals surface area contributed by atoms with Gasteiger partial charge in [-0.15, -0.1) is 0 Å². The molecule has 94 valence electrons. The molecule has 1 atom stereocenters. The van der Waals surface area contributed by atoms with Gasteiger partial charge in [0.05, 0.1) is 16.8 Å². The Morgan fingerprint density at radius 3 is 3.12 bits per heavy atom. The maximum Gasteiger partial charge on any atom is 0.0674 e. The summed E-state index contributed by atoms with van der Waals surface area (Å²) in [6, 6.07) is 5.86. The van der Waals surface area contributed by atoms with Crippen LogP contribution in [0.3, 0.4) is 0 Å². The van der Waals surface area contributed by atoms with Gasteiger partial charge in [0.1, 0.15) is 0 Å². The molecule has 1 aliphatic rings. The van der Waals surface area contributed by atoms with Crippen LogP contribution in [0.1, 0.15) is 18.9 Å². The zero-order valence-corrected chi connectivity index (χ0v) is 10.9. The predicted octanol–water partition coefficient (Wildman–Crippen LogP) is 2.53. The summed E-state index contributed by atoms with van der Waals surface area (Å²) in [6.07, 6.45) is 1.40. The molecule has 0 aromatic heterocycles. The molecule has 1 fully saturated rings. The highest BCUT2D eigenvalue weighted by Crippen LogP contribution is 2.21. The van der Waals surface area contributed by atoms with Crippen molar-refractivity contribution in [2.75, 3.05) is 25.4 Å². The van der Waals surface area contributed by atoms with Crippen molar-refractivity contribution in [3.8, 4) is 0 Å². The molecule has 3 nitrogen and oxygen atoms in total. The lowest BCUT2D eigenvalue weighted by atomic mass is 10.2. The van der Waals surface area contributed by atoms with E-state index in [-0.39, 0.29) is 0 Å². The molecule has 0 radical (unpaired) electrons. The Morgan fingerprint density at radius 1 is 1.53 bits per heavy atom. The van der Waals surface area contributed by atoms with E-state index in [0.29, 0.717) is 16.8 Å². The average Bonchev–Trinajstić information content (AvgIpc) is 2.48. The molecular weight excluding hydrogens is 236 g/mol. The van der Waals surface area contributed by atoms with Crippen LogP contribution in [0.2, 0.25) is 5.02 Å². The van der Waals surface area contributed by atoms with E-state index in [2.05, 4.69) is 11.8 Å². The van der Waals surface area contributed by atoms with Crippen molar-refractivity contribution in [2.45, 2.75) is 26.0 Å². The molecule has 17 heavy (non-hydrogen) atoms. The molecule has 0 aliphatic carbocycles. The second-order valence-corrected chi connectivity index (χ2v) is 5.03. The number of hydrogen-bond donors (Lipinski definition) is 1. The lowest BCUT2D eigenvalue weighted by molar-refractivity contribution is 0.0668. The van der Waals surface area contributed by atoms with Crippen molar-refractivity contribution in [3.05, 3.63) is 28.8 Å².